The Labute approximate surface area is 129 Å². The predicted octanol–water partition coefficient (Wildman–Crippen LogP) is 2.22. The van der Waals surface area contributed by atoms with E-state index in [0.29, 0.717) is 32.5 Å². The van der Waals surface area contributed by atoms with Crippen molar-refractivity contribution in [2.24, 2.45) is 5.92 Å². The Bertz CT molecular complexity index is 378. The van der Waals surface area contributed by atoms with Crippen molar-refractivity contribution in [3.05, 3.63) is 0 Å². The highest BCUT2D eigenvalue weighted by molar-refractivity contribution is 7.87. The summed E-state index contributed by atoms with van der Waals surface area (Å²) in [6, 6.07) is 0. The van der Waals surface area contributed by atoms with E-state index in [0.717, 1.165) is 19.3 Å². The standard InChI is InChI=1S/C14H30N2O4S/c1-4-11-16(12-5-2)21(19,20)15-10-9-13(6-3)7-8-14(17)18/h13,15H,4-12H2,1-3H3,(H,17,18). The van der Waals surface area contributed by atoms with Crippen LogP contribution in [0, 0.1) is 5.92 Å². The second-order valence-corrected chi connectivity index (χ2v) is 7.05. The van der Waals surface area contributed by atoms with Gasteiger partial charge in [-0.1, -0.05) is 27.2 Å². The van der Waals surface area contributed by atoms with Crippen LogP contribution in [0.5, 0.6) is 0 Å². The molecule has 0 aliphatic heterocycles. The Morgan fingerprint density at radius 1 is 1.14 bits per heavy atom. The van der Waals surface area contributed by atoms with Gasteiger partial charge in [-0.3, -0.25) is 4.79 Å². The third-order valence-corrected chi connectivity index (χ3v) is 5.08. The monoisotopic (exact) mass is 322 g/mol. The zero-order chi connectivity index (χ0) is 16.3. The van der Waals surface area contributed by atoms with Crippen molar-refractivity contribution < 1.29 is 18.3 Å². The van der Waals surface area contributed by atoms with Crippen LogP contribution in [0.25, 0.3) is 0 Å². The number of hydrogen-bond acceptors (Lipinski definition) is 3. The Hall–Kier alpha value is -0.660. The minimum absolute atomic E-state index is 0.142. The van der Waals surface area contributed by atoms with Crippen LogP contribution in [0.3, 0.4) is 0 Å². The molecule has 21 heavy (non-hydrogen) atoms. The van der Waals surface area contributed by atoms with Crippen LogP contribution in [0.15, 0.2) is 0 Å². The summed E-state index contributed by atoms with van der Waals surface area (Å²) in [5.74, 6) is -0.555. The van der Waals surface area contributed by atoms with E-state index in [4.69, 9.17) is 5.11 Å². The molecule has 0 aromatic carbocycles. The van der Waals surface area contributed by atoms with Crippen LogP contribution in [-0.4, -0.2) is 43.4 Å². The van der Waals surface area contributed by atoms with Crippen molar-refractivity contribution in [1.29, 1.82) is 0 Å². The van der Waals surface area contributed by atoms with Crippen molar-refractivity contribution in [3.8, 4) is 0 Å². The van der Waals surface area contributed by atoms with Crippen molar-refractivity contribution in [3.63, 3.8) is 0 Å². The first kappa shape index (κ1) is 20.3. The topological polar surface area (TPSA) is 86.7 Å². The lowest BCUT2D eigenvalue weighted by Gasteiger charge is -2.22. The summed E-state index contributed by atoms with van der Waals surface area (Å²) in [6.07, 6.45) is 3.86. The van der Waals surface area contributed by atoms with E-state index in [2.05, 4.69) is 4.72 Å². The molecular formula is C14H30N2O4S. The van der Waals surface area contributed by atoms with Gasteiger partial charge in [-0.25, -0.2) is 4.72 Å². The number of carboxylic acids is 1. The number of hydrogen-bond donors (Lipinski definition) is 2. The van der Waals surface area contributed by atoms with Crippen molar-refractivity contribution in [2.45, 2.75) is 59.3 Å². The Morgan fingerprint density at radius 2 is 1.71 bits per heavy atom. The minimum Gasteiger partial charge on any atom is -0.481 e. The maximum Gasteiger partial charge on any atom is 0.303 e. The summed E-state index contributed by atoms with van der Waals surface area (Å²) < 4.78 is 28.4. The molecule has 0 fully saturated rings. The van der Waals surface area contributed by atoms with E-state index in [1.807, 2.05) is 20.8 Å². The van der Waals surface area contributed by atoms with Crippen molar-refractivity contribution in [2.75, 3.05) is 19.6 Å². The average Bonchev–Trinajstić information content (AvgIpc) is 2.42. The summed E-state index contributed by atoms with van der Waals surface area (Å²) in [5, 5.41) is 8.69. The van der Waals surface area contributed by atoms with Crippen molar-refractivity contribution in [1.82, 2.24) is 9.03 Å². The molecule has 0 spiro atoms. The molecule has 126 valence electrons. The molecule has 0 bridgehead atoms. The van der Waals surface area contributed by atoms with Gasteiger partial charge in [-0.05, 0) is 31.6 Å². The van der Waals surface area contributed by atoms with E-state index >= 15 is 0 Å². The first-order chi connectivity index (χ1) is 9.87. The number of carbonyl (C=O) groups is 1. The fraction of sp³-hybridized carbons (Fsp3) is 0.929. The average molecular weight is 322 g/mol. The Balaban J connectivity index is 4.30. The Kier molecular flexibility index (Phi) is 10.6. The summed E-state index contributed by atoms with van der Waals surface area (Å²) in [7, 11) is -3.41. The highest BCUT2D eigenvalue weighted by atomic mass is 32.2. The number of nitrogens with zero attached hydrogens (tertiary/aromatic N) is 1. The molecule has 7 heteroatoms. The molecule has 0 aliphatic carbocycles. The SMILES string of the molecule is CCCN(CCC)S(=O)(=O)NCCC(CC)CCC(=O)O. The maximum absolute atomic E-state index is 12.2. The second-order valence-electron chi connectivity index (χ2n) is 5.29. The fourth-order valence-electron chi connectivity index (χ4n) is 2.21. The smallest absolute Gasteiger partial charge is 0.303 e. The molecule has 6 nitrogen and oxygen atoms in total. The molecule has 0 aromatic heterocycles. The van der Waals surface area contributed by atoms with Gasteiger partial charge < -0.3 is 5.11 Å². The lowest BCUT2D eigenvalue weighted by atomic mass is 9.97. The largest absolute Gasteiger partial charge is 0.481 e. The zero-order valence-corrected chi connectivity index (χ0v) is 14.3. The molecule has 1 unspecified atom stereocenters. The molecule has 0 heterocycles. The van der Waals surface area contributed by atoms with Gasteiger partial charge in [0.25, 0.3) is 10.2 Å². The zero-order valence-electron chi connectivity index (χ0n) is 13.5. The molecule has 0 radical (unpaired) electrons. The van der Waals surface area contributed by atoms with E-state index < -0.39 is 16.2 Å². The van der Waals surface area contributed by atoms with Gasteiger partial charge in [0.15, 0.2) is 0 Å². The molecule has 0 amide bonds. The van der Waals surface area contributed by atoms with Gasteiger partial charge >= 0.3 is 5.97 Å². The van der Waals surface area contributed by atoms with Gasteiger partial charge in [0.2, 0.25) is 0 Å². The first-order valence-electron chi connectivity index (χ1n) is 7.83. The maximum atomic E-state index is 12.2. The van der Waals surface area contributed by atoms with Gasteiger partial charge in [-0.15, -0.1) is 0 Å². The summed E-state index contributed by atoms with van der Waals surface area (Å²) in [4.78, 5) is 10.6. The molecule has 0 aliphatic rings. The quantitative estimate of drug-likeness (QED) is 0.544. The van der Waals surface area contributed by atoms with E-state index in [9.17, 15) is 13.2 Å². The van der Waals surface area contributed by atoms with Crippen molar-refractivity contribution >= 4 is 16.2 Å². The minimum atomic E-state index is -3.41. The lowest BCUT2D eigenvalue weighted by Crippen LogP contribution is -2.42. The molecule has 0 saturated heterocycles. The van der Waals surface area contributed by atoms with Gasteiger partial charge in [-0.2, -0.15) is 12.7 Å². The predicted molar refractivity (Wildman–Crippen MR) is 84.3 cm³/mol. The van der Waals surface area contributed by atoms with Gasteiger partial charge in [0.1, 0.15) is 0 Å². The molecule has 0 saturated carbocycles. The fourth-order valence-corrected chi connectivity index (χ4v) is 3.62. The molecule has 2 N–H and O–H groups in total. The second kappa shape index (κ2) is 11.0. The first-order valence-corrected chi connectivity index (χ1v) is 9.27. The van der Waals surface area contributed by atoms with Gasteiger partial charge in [0, 0.05) is 26.1 Å². The van der Waals surface area contributed by atoms with E-state index in [1.165, 1.54) is 4.31 Å². The number of rotatable bonds is 13. The molecular weight excluding hydrogens is 292 g/mol. The van der Waals surface area contributed by atoms with Gasteiger partial charge in [0.05, 0.1) is 0 Å². The summed E-state index contributed by atoms with van der Waals surface area (Å²) in [6.45, 7) is 7.33. The third kappa shape index (κ3) is 9.06. The normalized spacial score (nSPS) is 13.5. The van der Waals surface area contributed by atoms with E-state index in [1.54, 1.807) is 0 Å². The lowest BCUT2D eigenvalue weighted by molar-refractivity contribution is -0.137. The summed E-state index contributed by atoms with van der Waals surface area (Å²) in [5.41, 5.74) is 0. The van der Waals surface area contributed by atoms with Crippen LogP contribution >= 0.6 is 0 Å². The molecule has 0 rings (SSSR count). The van der Waals surface area contributed by atoms with Crippen LogP contribution in [0.2, 0.25) is 0 Å². The number of aliphatic carboxylic acids is 1. The number of carboxylic acid groups (broad SMARTS) is 1. The highest BCUT2D eigenvalue weighted by Crippen LogP contribution is 2.15. The Morgan fingerprint density at radius 3 is 2.14 bits per heavy atom. The third-order valence-electron chi connectivity index (χ3n) is 3.47. The van der Waals surface area contributed by atoms with Crippen LogP contribution in [0.1, 0.15) is 59.3 Å². The van der Waals surface area contributed by atoms with Crippen LogP contribution in [-0.2, 0) is 15.0 Å². The molecule has 1 atom stereocenters. The summed E-state index contributed by atoms with van der Waals surface area (Å²) >= 11 is 0. The van der Waals surface area contributed by atoms with E-state index in [-0.39, 0.29) is 12.3 Å². The van der Waals surface area contributed by atoms with Crippen LogP contribution in [0.4, 0.5) is 0 Å². The number of nitrogens with one attached hydrogen (secondary N) is 1. The molecule has 0 aromatic rings. The highest BCUT2D eigenvalue weighted by Gasteiger charge is 2.20. The van der Waals surface area contributed by atoms with Crippen LogP contribution < -0.4 is 4.72 Å².